The van der Waals surface area contributed by atoms with Gasteiger partial charge in [-0.15, -0.1) is 0 Å². The first-order chi connectivity index (χ1) is 13.4. The van der Waals surface area contributed by atoms with Gasteiger partial charge in [0.25, 0.3) is 5.91 Å². The number of piperazine rings is 1. The molecule has 0 atom stereocenters. The lowest BCUT2D eigenvalue weighted by molar-refractivity contribution is 0.0697. The van der Waals surface area contributed by atoms with Crippen molar-refractivity contribution in [3.63, 3.8) is 0 Å². The Morgan fingerprint density at radius 1 is 1.07 bits per heavy atom. The van der Waals surface area contributed by atoms with Gasteiger partial charge < -0.3 is 19.4 Å². The van der Waals surface area contributed by atoms with Crippen LogP contribution in [-0.4, -0.2) is 68.9 Å². The number of methoxy groups -OCH3 is 2. The number of carbonyl (C=O) groups is 1. The molecule has 1 saturated heterocycles. The molecule has 0 spiro atoms. The summed E-state index contributed by atoms with van der Waals surface area (Å²) in [6, 6.07) is 7.85. The molecule has 1 aliphatic heterocycles. The Morgan fingerprint density at radius 3 is 2.36 bits per heavy atom. The second-order valence-corrected chi connectivity index (χ2v) is 8.47. The third-order valence-corrected chi connectivity index (χ3v) is 6.80. The van der Waals surface area contributed by atoms with Crippen LogP contribution >= 0.6 is 12.2 Å². The van der Waals surface area contributed by atoms with Crippen LogP contribution < -0.4 is 9.47 Å². The zero-order valence-electron chi connectivity index (χ0n) is 15.5. The third-order valence-electron chi connectivity index (χ3n) is 4.57. The van der Waals surface area contributed by atoms with E-state index >= 15 is 0 Å². The molecule has 0 saturated carbocycles. The highest BCUT2D eigenvalue weighted by atomic mass is 32.2. The van der Waals surface area contributed by atoms with Gasteiger partial charge in [-0.1, -0.05) is 12.2 Å². The van der Waals surface area contributed by atoms with Crippen molar-refractivity contribution in [3.05, 3.63) is 46.7 Å². The summed E-state index contributed by atoms with van der Waals surface area (Å²) in [4.78, 5) is 17.2. The second-order valence-electron chi connectivity index (χ2n) is 6.13. The number of rotatable bonds is 5. The lowest BCUT2D eigenvalue weighted by Gasteiger charge is -2.34. The first-order valence-corrected chi connectivity index (χ1v) is 10.4. The van der Waals surface area contributed by atoms with Crippen molar-refractivity contribution >= 4 is 28.1 Å². The predicted molar refractivity (Wildman–Crippen MR) is 106 cm³/mol. The van der Waals surface area contributed by atoms with Gasteiger partial charge in [0.05, 0.1) is 24.7 Å². The topological polar surface area (TPSA) is 91.9 Å². The number of aromatic amines is 1. The predicted octanol–water partition coefficient (Wildman–Crippen LogP) is 1.91. The van der Waals surface area contributed by atoms with Crippen molar-refractivity contribution < 1.29 is 22.7 Å². The van der Waals surface area contributed by atoms with E-state index in [1.165, 1.54) is 30.7 Å². The van der Waals surface area contributed by atoms with Crippen LogP contribution in [0.25, 0.3) is 0 Å². The number of nitrogens with zero attached hydrogens (tertiary/aromatic N) is 2. The molecular formula is C18H21N3O5S2. The molecule has 1 aromatic carbocycles. The van der Waals surface area contributed by atoms with Crippen molar-refractivity contribution in [1.29, 1.82) is 0 Å². The van der Waals surface area contributed by atoms with E-state index < -0.39 is 10.0 Å². The molecular weight excluding hydrogens is 402 g/mol. The van der Waals surface area contributed by atoms with E-state index in [0.717, 1.165) is 0 Å². The minimum atomic E-state index is -3.71. The van der Waals surface area contributed by atoms with Gasteiger partial charge in [-0.25, -0.2) is 8.42 Å². The summed E-state index contributed by atoms with van der Waals surface area (Å²) in [5, 5.41) is 0. The van der Waals surface area contributed by atoms with Crippen molar-refractivity contribution in [2.24, 2.45) is 0 Å². The molecule has 0 bridgehead atoms. The Labute approximate surface area is 168 Å². The van der Waals surface area contributed by atoms with Gasteiger partial charge in [0.2, 0.25) is 10.0 Å². The first kappa shape index (κ1) is 20.3. The van der Waals surface area contributed by atoms with Gasteiger partial charge in [-0.3, -0.25) is 4.79 Å². The Kier molecular flexibility index (Phi) is 6.01. The molecule has 0 radical (unpaired) electrons. The molecule has 0 aliphatic carbocycles. The number of amides is 1. The SMILES string of the molecule is COc1ccc(S(=O)(=O)N2CCN(C(=O)c3ccc[nH]c3=S)CC2)cc1OC. The fraction of sp³-hybridized carbons (Fsp3) is 0.333. The number of benzene rings is 1. The smallest absolute Gasteiger partial charge is 0.256 e. The number of hydrogen-bond donors (Lipinski definition) is 1. The molecule has 150 valence electrons. The van der Waals surface area contributed by atoms with E-state index in [2.05, 4.69) is 4.98 Å². The van der Waals surface area contributed by atoms with Crippen LogP contribution in [0.2, 0.25) is 0 Å². The highest BCUT2D eigenvalue weighted by molar-refractivity contribution is 7.89. The first-order valence-electron chi connectivity index (χ1n) is 8.57. The maximum Gasteiger partial charge on any atom is 0.256 e. The summed E-state index contributed by atoms with van der Waals surface area (Å²) < 4.78 is 38.0. The van der Waals surface area contributed by atoms with E-state index in [9.17, 15) is 13.2 Å². The maximum atomic E-state index is 13.0. The molecule has 1 N–H and O–H groups in total. The lowest BCUT2D eigenvalue weighted by atomic mass is 10.2. The van der Waals surface area contributed by atoms with Crippen LogP contribution in [0.1, 0.15) is 10.4 Å². The number of ether oxygens (including phenoxy) is 2. The molecule has 3 rings (SSSR count). The summed E-state index contributed by atoms with van der Waals surface area (Å²) in [7, 11) is -0.770. The molecule has 8 nitrogen and oxygen atoms in total. The summed E-state index contributed by atoms with van der Waals surface area (Å²) in [6.45, 7) is 0.974. The van der Waals surface area contributed by atoms with E-state index in [0.29, 0.717) is 21.7 Å². The van der Waals surface area contributed by atoms with Crippen molar-refractivity contribution in [1.82, 2.24) is 14.2 Å². The fourth-order valence-electron chi connectivity index (χ4n) is 3.02. The van der Waals surface area contributed by atoms with Crippen molar-refractivity contribution in [3.8, 4) is 11.5 Å². The van der Waals surface area contributed by atoms with Crippen LogP contribution in [0.5, 0.6) is 11.5 Å². The molecule has 10 heteroatoms. The van der Waals surface area contributed by atoms with E-state index in [4.69, 9.17) is 21.7 Å². The summed E-state index contributed by atoms with van der Waals surface area (Å²) in [5.74, 6) is 0.594. The largest absolute Gasteiger partial charge is 0.493 e. The van der Waals surface area contributed by atoms with E-state index in [1.807, 2.05) is 0 Å². The van der Waals surface area contributed by atoms with Gasteiger partial charge in [-0.05, 0) is 24.3 Å². The standard InChI is InChI=1S/C18H21N3O5S2/c1-25-15-6-5-13(12-16(15)26-2)28(23,24)21-10-8-20(9-11-21)18(22)14-4-3-7-19-17(14)27/h3-7,12H,8-11H2,1-2H3,(H,19,27). The average Bonchev–Trinajstić information content (AvgIpc) is 2.73. The highest BCUT2D eigenvalue weighted by Gasteiger charge is 2.31. The zero-order valence-corrected chi connectivity index (χ0v) is 17.2. The Balaban J connectivity index is 1.74. The number of carbonyl (C=O) groups excluding carboxylic acids is 1. The van der Waals surface area contributed by atoms with Gasteiger partial charge in [0, 0.05) is 38.4 Å². The van der Waals surface area contributed by atoms with E-state index in [-0.39, 0.29) is 37.0 Å². The van der Waals surface area contributed by atoms with Gasteiger partial charge >= 0.3 is 0 Å². The monoisotopic (exact) mass is 423 g/mol. The minimum Gasteiger partial charge on any atom is -0.493 e. The summed E-state index contributed by atoms with van der Waals surface area (Å²) >= 11 is 5.16. The average molecular weight is 424 g/mol. The molecule has 1 aromatic heterocycles. The normalized spacial score (nSPS) is 15.3. The molecule has 1 aliphatic rings. The van der Waals surface area contributed by atoms with E-state index in [1.54, 1.807) is 29.3 Å². The second kappa shape index (κ2) is 8.29. The lowest BCUT2D eigenvalue weighted by Crippen LogP contribution is -2.50. The summed E-state index contributed by atoms with van der Waals surface area (Å²) in [6.07, 6.45) is 1.66. The number of sulfonamides is 1. The molecule has 2 heterocycles. The number of aromatic nitrogens is 1. The quantitative estimate of drug-likeness (QED) is 0.739. The highest BCUT2D eigenvalue weighted by Crippen LogP contribution is 2.31. The Hall–Kier alpha value is -2.43. The number of H-pyrrole nitrogens is 1. The van der Waals surface area contributed by atoms with Crippen LogP contribution in [-0.2, 0) is 10.0 Å². The minimum absolute atomic E-state index is 0.121. The van der Waals surface area contributed by atoms with Gasteiger partial charge in [0.15, 0.2) is 11.5 Å². The van der Waals surface area contributed by atoms with Crippen LogP contribution in [0.15, 0.2) is 41.4 Å². The Morgan fingerprint density at radius 2 is 1.75 bits per heavy atom. The number of nitrogens with one attached hydrogen (secondary N) is 1. The van der Waals surface area contributed by atoms with Crippen molar-refractivity contribution in [2.75, 3.05) is 40.4 Å². The maximum absolute atomic E-state index is 13.0. The zero-order chi connectivity index (χ0) is 20.3. The summed E-state index contributed by atoms with van der Waals surface area (Å²) in [5.41, 5.74) is 0.411. The molecule has 0 unspecified atom stereocenters. The van der Waals surface area contributed by atoms with Gasteiger partial charge in [0.1, 0.15) is 4.64 Å². The Bertz CT molecular complexity index is 1030. The molecule has 2 aromatic rings. The molecule has 28 heavy (non-hydrogen) atoms. The fourth-order valence-corrected chi connectivity index (χ4v) is 4.68. The van der Waals surface area contributed by atoms with Gasteiger partial charge in [-0.2, -0.15) is 4.31 Å². The van der Waals surface area contributed by atoms with Crippen LogP contribution in [0.3, 0.4) is 0 Å². The van der Waals surface area contributed by atoms with Crippen molar-refractivity contribution in [2.45, 2.75) is 4.90 Å². The van der Waals surface area contributed by atoms with Crippen LogP contribution in [0.4, 0.5) is 0 Å². The third kappa shape index (κ3) is 3.89. The van der Waals surface area contributed by atoms with Crippen LogP contribution in [0, 0.1) is 4.64 Å². The number of pyridine rings is 1. The molecule has 1 amide bonds. The molecule has 1 fully saturated rings. The number of hydrogen-bond acceptors (Lipinski definition) is 6.